The van der Waals surface area contributed by atoms with E-state index >= 15 is 0 Å². The molecule has 31 heavy (non-hydrogen) atoms. The molecule has 2 heterocycles. The number of carbonyl (C=O) groups excluding carboxylic acids is 1. The second-order valence-corrected chi connectivity index (χ2v) is 7.84. The minimum absolute atomic E-state index is 0. The van der Waals surface area contributed by atoms with Crippen molar-refractivity contribution in [3.05, 3.63) is 64.7 Å². The highest BCUT2D eigenvalue weighted by Crippen LogP contribution is 2.26. The smallest absolute Gasteiger partial charge is 0.223 e. The number of halogens is 1. The number of ether oxygens (including phenoxy) is 1. The minimum atomic E-state index is 0. The maximum atomic E-state index is 12.5. The van der Waals surface area contributed by atoms with Gasteiger partial charge in [0.1, 0.15) is 5.75 Å². The number of benzene rings is 2. The Morgan fingerprint density at radius 1 is 1.06 bits per heavy atom. The van der Waals surface area contributed by atoms with Gasteiger partial charge >= 0.3 is 0 Å². The molecular weight excluding hydrogens is 503 g/mol. The molecule has 0 saturated heterocycles. The molecule has 2 aromatic rings. The number of hydrogen-bond acceptors (Lipinski definition) is 3. The van der Waals surface area contributed by atoms with Crippen LogP contribution in [0.1, 0.15) is 35.1 Å². The maximum absolute atomic E-state index is 12.5. The summed E-state index contributed by atoms with van der Waals surface area (Å²) in [7, 11) is 1.77. The number of amides is 1. The Balaban J connectivity index is 0.00000272. The highest BCUT2D eigenvalue weighted by atomic mass is 127. The molecule has 0 fully saturated rings. The van der Waals surface area contributed by atoms with Crippen molar-refractivity contribution in [2.24, 2.45) is 4.99 Å². The molecule has 2 aliphatic rings. The van der Waals surface area contributed by atoms with E-state index in [0.717, 1.165) is 63.8 Å². The minimum Gasteiger partial charge on any atom is -0.493 e. The molecule has 0 radical (unpaired) electrons. The average Bonchev–Trinajstić information content (AvgIpc) is 3.41. The van der Waals surface area contributed by atoms with Crippen LogP contribution < -0.4 is 15.4 Å². The number of nitrogens with zero attached hydrogens (tertiary/aromatic N) is 2. The molecule has 1 amide bonds. The van der Waals surface area contributed by atoms with Crippen LogP contribution in [0.15, 0.2) is 47.5 Å². The van der Waals surface area contributed by atoms with Crippen molar-refractivity contribution in [1.29, 1.82) is 0 Å². The van der Waals surface area contributed by atoms with Crippen molar-refractivity contribution in [2.75, 3.05) is 26.7 Å². The second kappa shape index (κ2) is 11.4. The third-order valence-electron chi connectivity index (χ3n) is 5.74. The summed E-state index contributed by atoms with van der Waals surface area (Å²) >= 11 is 0. The average molecular weight is 534 g/mol. The molecule has 6 nitrogen and oxygen atoms in total. The van der Waals surface area contributed by atoms with Gasteiger partial charge in [-0.25, -0.2) is 0 Å². The van der Waals surface area contributed by atoms with E-state index < -0.39 is 0 Å². The summed E-state index contributed by atoms with van der Waals surface area (Å²) in [6.45, 7) is 3.80. The van der Waals surface area contributed by atoms with Gasteiger partial charge < -0.3 is 20.3 Å². The standard InChI is InChI=1S/C24H30N4O2.HI/c1-25-24(27-13-10-18-8-9-22-19(15-18)11-14-30-22)26-12-4-7-23(29)28-16-20-5-2-3-6-21(20)17-28;/h2-3,5-6,8-9,15H,4,7,10-14,16-17H2,1H3,(H2,25,26,27);1H. The van der Waals surface area contributed by atoms with Crippen LogP contribution in [0, 0.1) is 0 Å². The van der Waals surface area contributed by atoms with Gasteiger partial charge in [0.25, 0.3) is 0 Å². The fraction of sp³-hybridized carbons (Fsp3) is 0.417. The van der Waals surface area contributed by atoms with E-state index in [4.69, 9.17) is 4.74 Å². The Morgan fingerprint density at radius 3 is 2.55 bits per heavy atom. The zero-order chi connectivity index (χ0) is 20.8. The number of aliphatic imine (C=N–C) groups is 1. The topological polar surface area (TPSA) is 66.0 Å². The monoisotopic (exact) mass is 534 g/mol. The molecule has 2 aromatic carbocycles. The first-order valence-electron chi connectivity index (χ1n) is 10.8. The van der Waals surface area contributed by atoms with Gasteiger partial charge in [0.15, 0.2) is 5.96 Å². The quantitative estimate of drug-likeness (QED) is 0.248. The van der Waals surface area contributed by atoms with E-state index in [1.165, 1.54) is 22.3 Å². The zero-order valence-electron chi connectivity index (χ0n) is 18.0. The first-order valence-corrected chi connectivity index (χ1v) is 10.8. The fourth-order valence-electron chi connectivity index (χ4n) is 4.06. The number of nitrogens with one attached hydrogen (secondary N) is 2. The van der Waals surface area contributed by atoms with Crippen LogP contribution in [0.2, 0.25) is 0 Å². The summed E-state index contributed by atoms with van der Waals surface area (Å²) < 4.78 is 5.56. The van der Waals surface area contributed by atoms with Crippen LogP contribution >= 0.6 is 24.0 Å². The Hall–Kier alpha value is -2.29. The van der Waals surface area contributed by atoms with E-state index in [0.29, 0.717) is 6.42 Å². The molecular formula is C24H31IN4O2. The highest BCUT2D eigenvalue weighted by molar-refractivity contribution is 14.0. The fourth-order valence-corrected chi connectivity index (χ4v) is 4.06. The van der Waals surface area contributed by atoms with E-state index in [9.17, 15) is 4.79 Å². The molecule has 2 N–H and O–H groups in total. The lowest BCUT2D eigenvalue weighted by Crippen LogP contribution is -2.39. The van der Waals surface area contributed by atoms with Crippen molar-refractivity contribution in [3.8, 4) is 5.75 Å². The van der Waals surface area contributed by atoms with E-state index in [-0.39, 0.29) is 29.9 Å². The van der Waals surface area contributed by atoms with Crippen LogP contribution in [0.4, 0.5) is 0 Å². The Kier molecular flexibility index (Phi) is 8.57. The van der Waals surface area contributed by atoms with Gasteiger partial charge in [0.2, 0.25) is 5.91 Å². The lowest BCUT2D eigenvalue weighted by atomic mass is 10.1. The van der Waals surface area contributed by atoms with Crippen LogP contribution in [0.25, 0.3) is 0 Å². The van der Waals surface area contributed by atoms with Crippen molar-refractivity contribution in [2.45, 2.75) is 38.8 Å². The van der Waals surface area contributed by atoms with Gasteiger partial charge in [0, 0.05) is 46.1 Å². The van der Waals surface area contributed by atoms with Crippen molar-refractivity contribution >= 4 is 35.8 Å². The van der Waals surface area contributed by atoms with Gasteiger partial charge in [-0.2, -0.15) is 0 Å². The predicted molar refractivity (Wildman–Crippen MR) is 134 cm³/mol. The Labute approximate surface area is 201 Å². The summed E-state index contributed by atoms with van der Waals surface area (Å²) in [5, 5.41) is 6.66. The predicted octanol–water partition coefficient (Wildman–Crippen LogP) is 3.27. The first kappa shape index (κ1) is 23.4. The number of hydrogen-bond donors (Lipinski definition) is 2. The van der Waals surface area contributed by atoms with Gasteiger partial charge in [-0.3, -0.25) is 9.79 Å². The number of guanidine groups is 1. The summed E-state index contributed by atoms with van der Waals surface area (Å²) in [5.41, 5.74) is 5.15. The molecule has 166 valence electrons. The van der Waals surface area contributed by atoms with E-state index in [1.54, 1.807) is 7.05 Å². The van der Waals surface area contributed by atoms with Gasteiger partial charge in [-0.15, -0.1) is 24.0 Å². The lowest BCUT2D eigenvalue weighted by Gasteiger charge is -2.16. The van der Waals surface area contributed by atoms with Crippen molar-refractivity contribution in [3.63, 3.8) is 0 Å². The van der Waals surface area contributed by atoms with Crippen molar-refractivity contribution < 1.29 is 9.53 Å². The van der Waals surface area contributed by atoms with Gasteiger partial charge in [-0.05, 0) is 41.2 Å². The summed E-state index contributed by atoms with van der Waals surface area (Å²) in [4.78, 5) is 18.7. The van der Waals surface area contributed by atoms with E-state index in [2.05, 4.69) is 46.0 Å². The molecule has 7 heteroatoms. The molecule has 0 bridgehead atoms. The van der Waals surface area contributed by atoms with Crippen LogP contribution in [0.3, 0.4) is 0 Å². The Bertz CT molecular complexity index is 907. The van der Waals surface area contributed by atoms with E-state index in [1.807, 2.05) is 17.0 Å². The molecule has 0 aliphatic carbocycles. The summed E-state index contributed by atoms with van der Waals surface area (Å²) in [6, 6.07) is 14.7. The first-order chi connectivity index (χ1) is 14.7. The van der Waals surface area contributed by atoms with Crippen LogP contribution in [-0.2, 0) is 30.7 Å². The number of fused-ring (bicyclic) bond motifs is 2. The second-order valence-electron chi connectivity index (χ2n) is 7.84. The molecule has 0 saturated carbocycles. The largest absolute Gasteiger partial charge is 0.493 e. The molecule has 0 atom stereocenters. The third-order valence-corrected chi connectivity index (χ3v) is 5.74. The third kappa shape index (κ3) is 6.12. The number of rotatable bonds is 7. The van der Waals surface area contributed by atoms with Gasteiger partial charge in [0.05, 0.1) is 6.61 Å². The maximum Gasteiger partial charge on any atom is 0.223 e. The molecule has 0 spiro atoms. The molecule has 2 aliphatic heterocycles. The lowest BCUT2D eigenvalue weighted by molar-refractivity contribution is -0.131. The molecule has 0 unspecified atom stereocenters. The number of carbonyl (C=O) groups is 1. The Morgan fingerprint density at radius 2 is 1.81 bits per heavy atom. The SMILES string of the molecule is CN=C(NCCCC(=O)N1Cc2ccccc2C1)NCCc1ccc2c(c1)CCO2.I. The summed E-state index contributed by atoms with van der Waals surface area (Å²) in [6.07, 6.45) is 3.27. The molecule has 0 aromatic heterocycles. The van der Waals surface area contributed by atoms with Crippen molar-refractivity contribution in [1.82, 2.24) is 15.5 Å². The highest BCUT2D eigenvalue weighted by Gasteiger charge is 2.22. The summed E-state index contributed by atoms with van der Waals surface area (Å²) in [5.74, 6) is 2.02. The van der Waals surface area contributed by atoms with Crippen LogP contribution in [0.5, 0.6) is 5.75 Å². The van der Waals surface area contributed by atoms with Crippen LogP contribution in [-0.4, -0.2) is 43.5 Å². The van der Waals surface area contributed by atoms with Gasteiger partial charge in [-0.1, -0.05) is 36.4 Å². The molecule has 4 rings (SSSR count). The zero-order valence-corrected chi connectivity index (χ0v) is 20.4. The normalized spacial score (nSPS) is 14.4.